The molecule has 2 heterocycles. The van der Waals surface area contributed by atoms with Crippen molar-refractivity contribution in [2.75, 3.05) is 19.6 Å². The number of carbonyl (C=O) groups is 1. The van der Waals surface area contributed by atoms with E-state index >= 15 is 0 Å². The fraction of sp³-hybridized carbons (Fsp3) is 0.455. The number of rotatable bonds is 3. The van der Waals surface area contributed by atoms with Crippen LogP contribution in [0.15, 0.2) is 18.5 Å². The van der Waals surface area contributed by atoms with Gasteiger partial charge in [-0.05, 0) is 31.5 Å². The predicted molar refractivity (Wildman–Crippen MR) is 59.2 cm³/mol. The fourth-order valence-corrected chi connectivity index (χ4v) is 1.80. The minimum absolute atomic E-state index is 0.0791. The second kappa shape index (κ2) is 4.94. The van der Waals surface area contributed by atoms with Crippen LogP contribution < -0.4 is 10.6 Å². The van der Waals surface area contributed by atoms with E-state index in [1.54, 1.807) is 0 Å². The van der Waals surface area contributed by atoms with Gasteiger partial charge in [-0.15, -0.1) is 0 Å². The summed E-state index contributed by atoms with van der Waals surface area (Å²) in [4.78, 5) is 15.4. The number of amides is 1. The molecular weight excluding hydrogens is 206 g/mol. The molecule has 0 bridgehead atoms. The number of hydrogen-bond donors (Lipinski definition) is 3. The van der Waals surface area contributed by atoms with Gasteiger partial charge >= 0.3 is 0 Å². The lowest BCUT2D eigenvalue weighted by molar-refractivity contribution is 0.0945. The van der Waals surface area contributed by atoms with Gasteiger partial charge in [0.25, 0.3) is 5.91 Å². The number of hydrogen-bond acceptors (Lipinski definition) is 4. The summed E-state index contributed by atoms with van der Waals surface area (Å²) in [6.45, 7) is 2.61. The van der Waals surface area contributed by atoms with Gasteiger partial charge in [0.15, 0.2) is 0 Å². The van der Waals surface area contributed by atoms with Gasteiger partial charge in [-0.25, -0.2) is 0 Å². The van der Waals surface area contributed by atoms with E-state index in [0.717, 1.165) is 19.5 Å². The minimum atomic E-state index is -0.244. The third kappa shape index (κ3) is 2.49. The van der Waals surface area contributed by atoms with E-state index in [1.807, 2.05) is 0 Å². The highest BCUT2D eigenvalue weighted by Gasteiger charge is 2.16. The Hall–Kier alpha value is -1.62. The Morgan fingerprint density at radius 2 is 2.56 bits per heavy atom. The van der Waals surface area contributed by atoms with Crippen LogP contribution in [0.4, 0.5) is 0 Å². The summed E-state index contributed by atoms with van der Waals surface area (Å²) in [7, 11) is 0. The first-order valence-electron chi connectivity index (χ1n) is 5.39. The summed E-state index contributed by atoms with van der Waals surface area (Å²) in [5.41, 5.74) is 0.279. The zero-order valence-electron chi connectivity index (χ0n) is 8.94. The molecule has 1 amide bonds. The maximum atomic E-state index is 11.7. The van der Waals surface area contributed by atoms with E-state index in [9.17, 15) is 9.90 Å². The van der Waals surface area contributed by atoms with Gasteiger partial charge in [-0.1, -0.05) is 0 Å². The Morgan fingerprint density at radius 3 is 3.25 bits per heavy atom. The topological polar surface area (TPSA) is 74.2 Å². The maximum Gasteiger partial charge on any atom is 0.255 e. The zero-order valence-corrected chi connectivity index (χ0v) is 8.94. The fourth-order valence-electron chi connectivity index (χ4n) is 1.80. The van der Waals surface area contributed by atoms with Crippen molar-refractivity contribution < 1.29 is 9.90 Å². The van der Waals surface area contributed by atoms with Crippen LogP contribution in [0.3, 0.4) is 0 Å². The van der Waals surface area contributed by atoms with Gasteiger partial charge in [-0.3, -0.25) is 9.78 Å². The highest BCUT2D eigenvalue weighted by molar-refractivity contribution is 5.96. The van der Waals surface area contributed by atoms with Crippen molar-refractivity contribution in [1.29, 1.82) is 0 Å². The van der Waals surface area contributed by atoms with Crippen LogP contribution in [0.5, 0.6) is 5.75 Å². The van der Waals surface area contributed by atoms with Crippen LogP contribution in [0.25, 0.3) is 0 Å². The second-order valence-corrected chi connectivity index (χ2v) is 3.96. The summed E-state index contributed by atoms with van der Waals surface area (Å²) in [5, 5.41) is 15.5. The van der Waals surface area contributed by atoms with E-state index < -0.39 is 0 Å². The molecule has 1 aliphatic heterocycles. The Labute approximate surface area is 93.9 Å². The van der Waals surface area contributed by atoms with Crippen LogP contribution in [-0.4, -0.2) is 35.6 Å². The van der Waals surface area contributed by atoms with Crippen LogP contribution >= 0.6 is 0 Å². The molecular formula is C11H15N3O2. The number of aromatic hydroxyl groups is 1. The third-order valence-corrected chi connectivity index (χ3v) is 2.76. The molecule has 0 aliphatic carbocycles. The Bertz CT molecular complexity index is 375. The van der Waals surface area contributed by atoms with Gasteiger partial charge < -0.3 is 15.7 Å². The van der Waals surface area contributed by atoms with Crippen LogP contribution in [-0.2, 0) is 0 Å². The molecule has 0 radical (unpaired) electrons. The first kappa shape index (κ1) is 10.9. The number of nitrogens with one attached hydrogen (secondary N) is 2. The van der Waals surface area contributed by atoms with E-state index in [2.05, 4.69) is 15.6 Å². The van der Waals surface area contributed by atoms with Gasteiger partial charge in [0.2, 0.25) is 0 Å². The van der Waals surface area contributed by atoms with E-state index in [0.29, 0.717) is 12.5 Å². The summed E-state index contributed by atoms with van der Waals surface area (Å²) in [5.74, 6) is 0.171. The lowest BCUT2D eigenvalue weighted by atomic mass is 10.1. The van der Waals surface area contributed by atoms with Gasteiger partial charge in [0.1, 0.15) is 5.75 Å². The lowest BCUT2D eigenvalue weighted by Gasteiger charge is -2.10. The van der Waals surface area contributed by atoms with Crippen molar-refractivity contribution >= 4 is 5.91 Å². The number of nitrogens with zero attached hydrogens (tertiary/aromatic N) is 1. The third-order valence-electron chi connectivity index (χ3n) is 2.76. The van der Waals surface area contributed by atoms with Crippen molar-refractivity contribution in [3.05, 3.63) is 24.0 Å². The van der Waals surface area contributed by atoms with Gasteiger partial charge in [0.05, 0.1) is 11.8 Å². The molecule has 1 atom stereocenters. The van der Waals surface area contributed by atoms with Crippen LogP contribution in [0, 0.1) is 5.92 Å². The van der Waals surface area contributed by atoms with Crippen LogP contribution in [0.1, 0.15) is 16.8 Å². The SMILES string of the molecule is O=C(NCC1CCNC1)c1ccncc1O. The first-order valence-corrected chi connectivity index (χ1v) is 5.39. The first-order chi connectivity index (χ1) is 7.77. The Kier molecular flexibility index (Phi) is 3.36. The molecule has 2 rings (SSSR count). The highest BCUT2D eigenvalue weighted by atomic mass is 16.3. The smallest absolute Gasteiger partial charge is 0.255 e. The lowest BCUT2D eigenvalue weighted by Crippen LogP contribution is -2.30. The van der Waals surface area contributed by atoms with Crippen molar-refractivity contribution in [3.8, 4) is 5.75 Å². The molecule has 86 valence electrons. The quantitative estimate of drug-likeness (QED) is 0.678. The molecule has 1 aromatic heterocycles. The summed E-state index contributed by atoms with van der Waals surface area (Å²) in [6, 6.07) is 1.51. The molecule has 1 aromatic rings. The minimum Gasteiger partial charge on any atom is -0.505 e. The Morgan fingerprint density at radius 1 is 1.69 bits per heavy atom. The summed E-state index contributed by atoms with van der Waals surface area (Å²) >= 11 is 0. The standard InChI is InChI=1S/C11H15N3O2/c15-10-7-13-4-2-9(10)11(16)14-6-8-1-3-12-5-8/h2,4,7-8,12,15H,1,3,5-6H2,(H,14,16). The van der Waals surface area contributed by atoms with Gasteiger partial charge in [0, 0.05) is 12.7 Å². The zero-order chi connectivity index (χ0) is 11.4. The molecule has 16 heavy (non-hydrogen) atoms. The normalized spacial score (nSPS) is 19.6. The second-order valence-electron chi connectivity index (χ2n) is 3.96. The summed E-state index contributed by atoms with van der Waals surface area (Å²) < 4.78 is 0. The molecule has 1 unspecified atom stereocenters. The van der Waals surface area contributed by atoms with Crippen molar-refractivity contribution in [2.45, 2.75) is 6.42 Å². The molecule has 0 saturated carbocycles. The van der Waals surface area contributed by atoms with E-state index in [4.69, 9.17) is 0 Å². The van der Waals surface area contributed by atoms with Crippen LogP contribution in [0.2, 0.25) is 0 Å². The maximum absolute atomic E-state index is 11.7. The summed E-state index contributed by atoms with van der Waals surface area (Å²) in [6.07, 6.45) is 3.85. The Balaban J connectivity index is 1.90. The number of pyridine rings is 1. The van der Waals surface area contributed by atoms with E-state index in [1.165, 1.54) is 18.5 Å². The highest BCUT2D eigenvalue weighted by Crippen LogP contribution is 2.13. The monoisotopic (exact) mass is 221 g/mol. The largest absolute Gasteiger partial charge is 0.505 e. The molecule has 1 aliphatic rings. The molecule has 1 saturated heterocycles. The van der Waals surface area contributed by atoms with Gasteiger partial charge in [-0.2, -0.15) is 0 Å². The molecule has 3 N–H and O–H groups in total. The molecule has 5 nitrogen and oxygen atoms in total. The van der Waals surface area contributed by atoms with Crippen molar-refractivity contribution in [3.63, 3.8) is 0 Å². The molecule has 1 fully saturated rings. The average molecular weight is 221 g/mol. The van der Waals surface area contributed by atoms with Crippen molar-refractivity contribution in [2.24, 2.45) is 5.92 Å². The number of aromatic nitrogens is 1. The molecule has 0 aromatic carbocycles. The molecule has 0 spiro atoms. The predicted octanol–water partition coefficient (Wildman–Crippen LogP) is 0.127. The number of carbonyl (C=O) groups excluding carboxylic acids is 1. The van der Waals surface area contributed by atoms with Crippen molar-refractivity contribution in [1.82, 2.24) is 15.6 Å². The average Bonchev–Trinajstić information content (AvgIpc) is 2.79. The molecule has 5 heteroatoms. The van der Waals surface area contributed by atoms with E-state index in [-0.39, 0.29) is 17.2 Å².